The van der Waals surface area contributed by atoms with Crippen LogP contribution in [0.3, 0.4) is 0 Å². The fraction of sp³-hybridized carbons (Fsp3) is 0.222. The number of thiophene rings is 1. The summed E-state index contributed by atoms with van der Waals surface area (Å²) in [7, 11) is 0. The van der Waals surface area contributed by atoms with E-state index in [1.54, 1.807) is 34.4 Å². The van der Waals surface area contributed by atoms with Gasteiger partial charge in [-0.15, -0.1) is 34.4 Å². The number of carbonyl (C=O) groups excluding carboxylic acids is 1. The van der Waals surface area contributed by atoms with E-state index in [9.17, 15) is 4.79 Å². The summed E-state index contributed by atoms with van der Waals surface area (Å²) in [5.41, 5.74) is 3.01. The molecule has 0 unspecified atom stereocenters. The zero-order valence-corrected chi connectivity index (χ0v) is 16.0. The van der Waals surface area contributed by atoms with Gasteiger partial charge in [-0.25, -0.2) is 4.98 Å². The highest BCUT2D eigenvalue weighted by Gasteiger charge is 2.12. The Kier molecular flexibility index (Phi) is 5.71. The van der Waals surface area contributed by atoms with E-state index in [-0.39, 0.29) is 5.91 Å². The van der Waals surface area contributed by atoms with Crippen molar-refractivity contribution in [1.82, 2.24) is 10.3 Å². The highest BCUT2D eigenvalue weighted by Crippen LogP contribution is 2.27. The van der Waals surface area contributed by atoms with Gasteiger partial charge in [0, 0.05) is 20.9 Å². The first kappa shape index (κ1) is 17.2. The van der Waals surface area contributed by atoms with Crippen LogP contribution >= 0.6 is 34.4 Å². The third-order valence-electron chi connectivity index (χ3n) is 3.55. The van der Waals surface area contributed by atoms with Crippen molar-refractivity contribution < 1.29 is 4.79 Å². The molecule has 2 heterocycles. The average Bonchev–Trinajstić information content (AvgIpc) is 3.19. The molecule has 0 aliphatic carbocycles. The molecule has 0 saturated carbocycles. The lowest BCUT2D eigenvalue weighted by molar-refractivity contribution is 0.0948. The molecule has 3 nitrogen and oxygen atoms in total. The molecule has 0 saturated heterocycles. The Balaban J connectivity index is 1.66. The maximum Gasteiger partial charge on any atom is 0.252 e. The van der Waals surface area contributed by atoms with Gasteiger partial charge in [0.15, 0.2) is 0 Å². The summed E-state index contributed by atoms with van der Waals surface area (Å²) in [4.78, 5) is 19.2. The van der Waals surface area contributed by atoms with Crippen molar-refractivity contribution in [2.24, 2.45) is 0 Å². The molecule has 124 valence electrons. The maximum absolute atomic E-state index is 12.6. The van der Waals surface area contributed by atoms with Gasteiger partial charge in [0.1, 0.15) is 0 Å². The van der Waals surface area contributed by atoms with Gasteiger partial charge in [0.2, 0.25) is 0 Å². The molecular weight excluding hydrogens is 356 g/mol. The summed E-state index contributed by atoms with van der Waals surface area (Å²) < 4.78 is 0. The van der Waals surface area contributed by atoms with E-state index in [1.165, 1.54) is 10.4 Å². The van der Waals surface area contributed by atoms with Gasteiger partial charge in [-0.05, 0) is 43.0 Å². The number of hydrogen-bond acceptors (Lipinski definition) is 5. The van der Waals surface area contributed by atoms with E-state index in [1.807, 2.05) is 31.2 Å². The van der Waals surface area contributed by atoms with Crippen molar-refractivity contribution in [3.63, 3.8) is 0 Å². The molecule has 3 rings (SSSR count). The summed E-state index contributed by atoms with van der Waals surface area (Å²) in [5, 5.41) is 8.23. The molecule has 1 N–H and O–H groups in total. The maximum atomic E-state index is 12.6. The largest absolute Gasteiger partial charge is 0.347 e. The van der Waals surface area contributed by atoms with Crippen molar-refractivity contribution >= 4 is 40.3 Å². The first-order valence-electron chi connectivity index (χ1n) is 7.57. The van der Waals surface area contributed by atoms with Crippen LogP contribution in [0.25, 0.3) is 0 Å². The molecule has 0 aliphatic rings. The molecule has 24 heavy (non-hydrogen) atoms. The molecule has 0 atom stereocenters. The van der Waals surface area contributed by atoms with Crippen molar-refractivity contribution in [1.29, 1.82) is 0 Å². The SMILES string of the molecule is Cc1nc(CSc2ccccc2C(=O)NCc2sccc2C)cs1. The van der Waals surface area contributed by atoms with Gasteiger partial charge in [-0.3, -0.25) is 4.79 Å². The number of carbonyl (C=O) groups is 1. The Bertz CT molecular complexity index is 838. The average molecular weight is 375 g/mol. The van der Waals surface area contributed by atoms with E-state index in [0.29, 0.717) is 6.54 Å². The van der Waals surface area contributed by atoms with Crippen LogP contribution < -0.4 is 5.32 Å². The Hall–Kier alpha value is -1.63. The van der Waals surface area contributed by atoms with Crippen LogP contribution in [0.4, 0.5) is 0 Å². The summed E-state index contributed by atoms with van der Waals surface area (Å²) in [6, 6.07) is 9.82. The van der Waals surface area contributed by atoms with Crippen LogP contribution in [0.2, 0.25) is 0 Å². The Labute approximate surface area is 154 Å². The Morgan fingerprint density at radius 3 is 2.75 bits per heavy atom. The molecule has 0 bridgehead atoms. The number of thiazole rings is 1. The molecule has 6 heteroatoms. The number of thioether (sulfide) groups is 1. The fourth-order valence-electron chi connectivity index (χ4n) is 2.25. The smallest absolute Gasteiger partial charge is 0.252 e. The van der Waals surface area contributed by atoms with Gasteiger partial charge in [0.25, 0.3) is 5.91 Å². The zero-order chi connectivity index (χ0) is 16.9. The fourth-order valence-corrected chi connectivity index (χ4v) is 4.75. The molecule has 0 aliphatic heterocycles. The first-order valence-corrected chi connectivity index (χ1v) is 10.3. The monoisotopic (exact) mass is 374 g/mol. The Morgan fingerprint density at radius 2 is 2.04 bits per heavy atom. The third-order valence-corrected chi connectivity index (χ3v) is 6.50. The number of benzene rings is 1. The summed E-state index contributed by atoms with van der Waals surface area (Å²) in [6.07, 6.45) is 0. The minimum Gasteiger partial charge on any atom is -0.347 e. The minimum absolute atomic E-state index is 0.0274. The van der Waals surface area contributed by atoms with E-state index >= 15 is 0 Å². The highest BCUT2D eigenvalue weighted by molar-refractivity contribution is 7.98. The molecule has 1 amide bonds. The first-order chi connectivity index (χ1) is 11.6. The quantitative estimate of drug-likeness (QED) is 0.614. The number of amides is 1. The molecule has 0 spiro atoms. The molecule has 2 aromatic heterocycles. The topological polar surface area (TPSA) is 42.0 Å². The van der Waals surface area contributed by atoms with Crippen LogP contribution in [0.1, 0.15) is 31.5 Å². The lowest BCUT2D eigenvalue weighted by Gasteiger charge is -2.09. The lowest BCUT2D eigenvalue weighted by atomic mass is 10.2. The van der Waals surface area contributed by atoms with Crippen molar-refractivity contribution in [3.05, 3.63) is 67.8 Å². The number of aromatic nitrogens is 1. The van der Waals surface area contributed by atoms with Crippen LogP contribution in [0.5, 0.6) is 0 Å². The second-order valence-electron chi connectivity index (χ2n) is 5.35. The van der Waals surface area contributed by atoms with Crippen molar-refractivity contribution in [2.75, 3.05) is 0 Å². The second kappa shape index (κ2) is 7.96. The van der Waals surface area contributed by atoms with Crippen LogP contribution in [-0.4, -0.2) is 10.9 Å². The molecule has 3 aromatic rings. The predicted octanol–water partition coefficient (Wildman–Crippen LogP) is 5.04. The van der Waals surface area contributed by atoms with Crippen LogP contribution in [-0.2, 0) is 12.3 Å². The Morgan fingerprint density at radius 1 is 1.21 bits per heavy atom. The van der Waals surface area contributed by atoms with Crippen molar-refractivity contribution in [2.45, 2.75) is 31.0 Å². The predicted molar refractivity (Wildman–Crippen MR) is 103 cm³/mol. The number of aryl methyl sites for hydroxylation is 2. The number of nitrogens with one attached hydrogen (secondary N) is 1. The van der Waals surface area contributed by atoms with Gasteiger partial charge in [-0.2, -0.15) is 0 Å². The highest BCUT2D eigenvalue weighted by atomic mass is 32.2. The molecule has 0 radical (unpaired) electrons. The van der Waals surface area contributed by atoms with E-state index in [0.717, 1.165) is 26.9 Å². The van der Waals surface area contributed by atoms with Gasteiger partial charge >= 0.3 is 0 Å². The van der Waals surface area contributed by atoms with Crippen molar-refractivity contribution in [3.8, 4) is 0 Å². The minimum atomic E-state index is -0.0274. The third kappa shape index (κ3) is 4.26. The normalized spacial score (nSPS) is 10.8. The summed E-state index contributed by atoms with van der Waals surface area (Å²) in [6.45, 7) is 4.65. The van der Waals surface area contributed by atoms with Gasteiger partial charge < -0.3 is 5.32 Å². The van der Waals surface area contributed by atoms with Crippen LogP contribution in [0, 0.1) is 13.8 Å². The van der Waals surface area contributed by atoms with E-state index in [4.69, 9.17) is 0 Å². The standard InChI is InChI=1S/C18H18N2OS3/c1-12-7-8-22-17(12)9-19-18(21)15-5-3-4-6-16(15)24-11-14-10-23-13(2)20-14/h3-8,10H,9,11H2,1-2H3,(H,19,21). The summed E-state index contributed by atoms with van der Waals surface area (Å²) in [5.74, 6) is 0.749. The number of rotatable bonds is 6. The number of nitrogens with zero attached hydrogens (tertiary/aromatic N) is 1. The molecule has 1 aromatic carbocycles. The zero-order valence-electron chi connectivity index (χ0n) is 13.5. The van der Waals surface area contributed by atoms with E-state index in [2.05, 4.69) is 34.1 Å². The molecular formula is C18H18N2OS3. The van der Waals surface area contributed by atoms with Crippen LogP contribution in [0.15, 0.2) is 46.0 Å². The number of hydrogen-bond donors (Lipinski definition) is 1. The second-order valence-corrected chi connectivity index (χ2v) is 8.43. The van der Waals surface area contributed by atoms with Gasteiger partial charge in [-0.1, -0.05) is 12.1 Å². The van der Waals surface area contributed by atoms with Gasteiger partial charge in [0.05, 0.1) is 22.8 Å². The lowest BCUT2D eigenvalue weighted by Crippen LogP contribution is -2.23. The van der Waals surface area contributed by atoms with E-state index < -0.39 is 0 Å². The molecule has 0 fully saturated rings. The summed E-state index contributed by atoms with van der Waals surface area (Å²) >= 11 is 4.98.